The van der Waals surface area contributed by atoms with Gasteiger partial charge in [-0.25, -0.2) is 0 Å². The predicted molar refractivity (Wildman–Crippen MR) is 108 cm³/mol. The molecule has 0 atom stereocenters. The van der Waals surface area contributed by atoms with Crippen LogP contribution >= 0.6 is 0 Å². The summed E-state index contributed by atoms with van der Waals surface area (Å²) in [5.74, 6) is 0. The highest BCUT2D eigenvalue weighted by molar-refractivity contribution is 4.76. The van der Waals surface area contributed by atoms with E-state index in [0.29, 0.717) is 0 Å². The Morgan fingerprint density at radius 2 is 0.958 bits per heavy atom. The van der Waals surface area contributed by atoms with Crippen molar-refractivity contribution < 1.29 is 0 Å². The number of unbranched alkanes of at least 4 members (excludes halogenated alkanes) is 7. The van der Waals surface area contributed by atoms with Gasteiger partial charge in [-0.15, -0.1) is 0 Å². The minimum absolute atomic E-state index is 0.459. The number of hydrogen-bond acceptors (Lipinski definition) is 4. The van der Waals surface area contributed by atoms with Gasteiger partial charge in [0, 0.05) is 0 Å². The van der Waals surface area contributed by atoms with Crippen LogP contribution in [0.4, 0.5) is 0 Å². The summed E-state index contributed by atoms with van der Waals surface area (Å²) in [4.78, 5) is 0. The second-order valence-electron chi connectivity index (χ2n) is 7.42. The van der Waals surface area contributed by atoms with Crippen molar-refractivity contribution in [3.05, 3.63) is 0 Å². The first-order valence-corrected chi connectivity index (χ1v) is 10.6. The number of rotatable bonds is 19. The standard InChI is InChI=1S/C20H46N4/c1-3-16-23-18-12-10-8-6-5-7-9-11-14-20(21,22)15-13-19-24-17-4-2/h23-24H,3-19,21-22H2,1-2H3. The summed E-state index contributed by atoms with van der Waals surface area (Å²) in [6.07, 6.45) is 16.0. The Bertz CT molecular complexity index is 244. The topological polar surface area (TPSA) is 76.1 Å². The lowest BCUT2D eigenvalue weighted by Crippen LogP contribution is -2.49. The van der Waals surface area contributed by atoms with Crippen LogP contribution in [0.25, 0.3) is 0 Å². The highest BCUT2D eigenvalue weighted by atomic mass is 14.9. The first-order valence-electron chi connectivity index (χ1n) is 10.6. The molecule has 4 heteroatoms. The fourth-order valence-electron chi connectivity index (χ4n) is 3.04. The summed E-state index contributed by atoms with van der Waals surface area (Å²) in [6, 6.07) is 0. The van der Waals surface area contributed by atoms with Crippen molar-refractivity contribution in [2.24, 2.45) is 11.5 Å². The number of hydrogen-bond donors (Lipinski definition) is 4. The number of nitrogens with two attached hydrogens (primary N) is 2. The van der Waals surface area contributed by atoms with Gasteiger partial charge in [-0.05, 0) is 64.7 Å². The molecule has 0 bridgehead atoms. The van der Waals surface area contributed by atoms with Crippen molar-refractivity contribution in [1.82, 2.24) is 10.6 Å². The molecule has 0 aromatic heterocycles. The average molecular weight is 343 g/mol. The smallest absolute Gasteiger partial charge is 0.0637 e. The zero-order valence-electron chi connectivity index (χ0n) is 16.7. The van der Waals surface area contributed by atoms with Crippen LogP contribution < -0.4 is 22.1 Å². The maximum atomic E-state index is 6.21. The Labute approximate surface area is 151 Å². The Hall–Kier alpha value is -0.160. The van der Waals surface area contributed by atoms with E-state index < -0.39 is 5.66 Å². The Morgan fingerprint density at radius 1 is 0.542 bits per heavy atom. The van der Waals surface area contributed by atoms with Crippen LogP contribution in [0.15, 0.2) is 0 Å². The zero-order valence-corrected chi connectivity index (χ0v) is 16.7. The molecule has 146 valence electrons. The van der Waals surface area contributed by atoms with Gasteiger partial charge in [0.1, 0.15) is 0 Å². The van der Waals surface area contributed by atoms with Crippen molar-refractivity contribution in [2.75, 3.05) is 26.2 Å². The molecule has 0 spiro atoms. The van der Waals surface area contributed by atoms with Crippen molar-refractivity contribution in [1.29, 1.82) is 0 Å². The molecule has 0 aliphatic heterocycles. The lowest BCUT2D eigenvalue weighted by atomic mass is 9.97. The molecular weight excluding hydrogens is 296 g/mol. The second kappa shape index (κ2) is 17.7. The van der Waals surface area contributed by atoms with Gasteiger partial charge in [0.15, 0.2) is 0 Å². The number of nitrogens with one attached hydrogen (secondary N) is 2. The fraction of sp³-hybridized carbons (Fsp3) is 1.00. The Kier molecular flexibility index (Phi) is 17.5. The maximum absolute atomic E-state index is 6.21. The summed E-state index contributed by atoms with van der Waals surface area (Å²) in [5.41, 5.74) is 12.0. The molecule has 0 unspecified atom stereocenters. The third kappa shape index (κ3) is 18.2. The van der Waals surface area contributed by atoms with Gasteiger partial charge in [-0.1, -0.05) is 58.8 Å². The fourth-order valence-corrected chi connectivity index (χ4v) is 3.04. The molecule has 0 radical (unpaired) electrons. The minimum Gasteiger partial charge on any atom is -0.317 e. The molecule has 0 aliphatic carbocycles. The molecule has 4 nitrogen and oxygen atoms in total. The molecular formula is C20H46N4. The molecule has 0 fully saturated rings. The van der Waals surface area contributed by atoms with Crippen LogP contribution in [0.2, 0.25) is 0 Å². The van der Waals surface area contributed by atoms with Crippen LogP contribution in [0.3, 0.4) is 0 Å². The molecule has 6 N–H and O–H groups in total. The SMILES string of the molecule is CCCNCCCCCCCCCCC(N)(N)CCCNCCC. The summed E-state index contributed by atoms with van der Waals surface area (Å²) in [6.45, 7) is 8.90. The highest BCUT2D eigenvalue weighted by Crippen LogP contribution is 2.15. The molecule has 0 saturated heterocycles. The highest BCUT2D eigenvalue weighted by Gasteiger charge is 2.17. The van der Waals surface area contributed by atoms with Gasteiger partial charge in [-0.2, -0.15) is 0 Å². The van der Waals surface area contributed by atoms with E-state index >= 15 is 0 Å². The molecule has 0 aromatic rings. The van der Waals surface area contributed by atoms with E-state index in [-0.39, 0.29) is 0 Å². The predicted octanol–water partition coefficient (Wildman–Crippen LogP) is 3.89. The van der Waals surface area contributed by atoms with Crippen LogP contribution in [-0.2, 0) is 0 Å². The molecule has 0 saturated carbocycles. The van der Waals surface area contributed by atoms with Crippen molar-refractivity contribution in [3.8, 4) is 0 Å². The summed E-state index contributed by atoms with van der Waals surface area (Å²) >= 11 is 0. The largest absolute Gasteiger partial charge is 0.317 e. The minimum atomic E-state index is -0.459. The van der Waals surface area contributed by atoms with E-state index in [1.165, 1.54) is 77.3 Å². The molecule has 0 rings (SSSR count). The van der Waals surface area contributed by atoms with E-state index in [2.05, 4.69) is 24.5 Å². The van der Waals surface area contributed by atoms with Gasteiger partial charge in [0.05, 0.1) is 5.66 Å². The van der Waals surface area contributed by atoms with Crippen LogP contribution in [-0.4, -0.2) is 31.8 Å². The van der Waals surface area contributed by atoms with Gasteiger partial charge in [0.25, 0.3) is 0 Å². The molecule has 24 heavy (non-hydrogen) atoms. The van der Waals surface area contributed by atoms with E-state index in [1.54, 1.807) is 0 Å². The van der Waals surface area contributed by atoms with Gasteiger partial charge >= 0.3 is 0 Å². The maximum Gasteiger partial charge on any atom is 0.0637 e. The average Bonchev–Trinajstić information content (AvgIpc) is 2.55. The quantitative estimate of drug-likeness (QED) is 0.212. The van der Waals surface area contributed by atoms with Crippen LogP contribution in [0, 0.1) is 0 Å². The monoisotopic (exact) mass is 342 g/mol. The molecule has 0 aromatic carbocycles. The summed E-state index contributed by atoms with van der Waals surface area (Å²) < 4.78 is 0. The van der Waals surface area contributed by atoms with E-state index in [1.807, 2.05) is 0 Å². The van der Waals surface area contributed by atoms with E-state index in [0.717, 1.165) is 32.4 Å². The molecule has 0 amide bonds. The lowest BCUT2D eigenvalue weighted by molar-refractivity contribution is 0.349. The summed E-state index contributed by atoms with van der Waals surface area (Å²) in [5, 5.41) is 6.87. The van der Waals surface area contributed by atoms with E-state index in [9.17, 15) is 0 Å². The van der Waals surface area contributed by atoms with Crippen LogP contribution in [0.1, 0.15) is 97.3 Å². The van der Waals surface area contributed by atoms with Crippen molar-refractivity contribution >= 4 is 0 Å². The second-order valence-corrected chi connectivity index (χ2v) is 7.42. The first-order chi connectivity index (χ1) is 11.6. The Balaban J connectivity index is 3.27. The summed E-state index contributed by atoms with van der Waals surface area (Å²) in [7, 11) is 0. The van der Waals surface area contributed by atoms with Gasteiger partial charge < -0.3 is 22.1 Å². The van der Waals surface area contributed by atoms with E-state index in [4.69, 9.17) is 11.5 Å². The normalized spacial score (nSPS) is 12.0. The Morgan fingerprint density at radius 3 is 1.50 bits per heavy atom. The lowest BCUT2D eigenvalue weighted by Gasteiger charge is -2.24. The first kappa shape index (κ1) is 23.8. The van der Waals surface area contributed by atoms with Gasteiger partial charge in [-0.3, -0.25) is 0 Å². The third-order valence-electron chi connectivity index (χ3n) is 4.60. The molecule has 0 aliphatic rings. The third-order valence-corrected chi connectivity index (χ3v) is 4.60. The van der Waals surface area contributed by atoms with Crippen molar-refractivity contribution in [3.63, 3.8) is 0 Å². The van der Waals surface area contributed by atoms with Gasteiger partial charge in [0.2, 0.25) is 0 Å². The zero-order chi connectivity index (χ0) is 17.9. The molecule has 0 heterocycles. The van der Waals surface area contributed by atoms with Crippen molar-refractivity contribution in [2.45, 2.75) is 103 Å². The van der Waals surface area contributed by atoms with Crippen LogP contribution in [0.5, 0.6) is 0 Å².